The van der Waals surface area contributed by atoms with Crippen LogP contribution in [0.3, 0.4) is 0 Å². The van der Waals surface area contributed by atoms with E-state index >= 15 is 0 Å². The predicted octanol–water partition coefficient (Wildman–Crippen LogP) is 7.35. The van der Waals surface area contributed by atoms with Gasteiger partial charge in [0.1, 0.15) is 12.4 Å². The molecule has 4 rings (SSSR count). The van der Waals surface area contributed by atoms with Crippen LogP contribution in [0.5, 0.6) is 5.75 Å². The summed E-state index contributed by atoms with van der Waals surface area (Å²) in [7, 11) is 0. The first-order valence-electron chi connectivity index (χ1n) is 12.4. The number of benzene rings is 2. The predicted molar refractivity (Wildman–Crippen MR) is 126 cm³/mol. The van der Waals surface area contributed by atoms with E-state index in [4.69, 9.17) is 9.84 Å². The highest BCUT2D eigenvalue weighted by Gasteiger charge is 2.38. The summed E-state index contributed by atoms with van der Waals surface area (Å²) in [4.78, 5) is 12.5. The number of piperidine rings is 1. The van der Waals surface area contributed by atoms with Crippen LogP contribution in [0.15, 0.2) is 42.5 Å². The van der Waals surface area contributed by atoms with Crippen LogP contribution in [-0.4, -0.2) is 35.2 Å². The van der Waals surface area contributed by atoms with Crippen molar-refractivity contribution >= 4 is 5.97 Å². The van der Waals surface area contributed by atoms with Gasteiger partial charge in [-0.25, -0.2) is 0 Å². The van der Waals surface area contributed by atoms with E-state index in [0.717, 1.165) is 18.4 Å². The van der Waals surface area contributed by atoms with E-state index in [9.17, 15) is 31.1 Å². The molecule has 4 nitrogen and oxygen atoms in total. The molecule has 1 atom stereocenters. The Morgan fingerprint density at radius 3 is 2.30 bits per heavy atom. The Morgan fingerprint density at radius 2 is 1.68 bits per heavy atom. The SMILES string of the molecule is C1CC1.O=C(O)CCc1cccc(OCC2CCCCN2Cc2cc(C(F)(F)F)ccc2C(F)(F)F)c1. The number of alkyl halides is 6. The molecule has 1 heterocycles. The second kappa shape index (κ2) is 12.7. The number of carboxylic acid groups (broad SMARTS) is 1. The van der Waals surface area contributed by atoms with Gasteiger partial charge in [-0.05, 0) is 67.3 Å². The smallest absolute Gasteiger partial charge is 0.416 e. The zero-order valence-electron chi connectivity index (χ0n) is 20.4. The van der Waals surface area contributed by atoms with Gasteiger partial charge in [-0.3, -0.25) is 9.69 Å². The van der Waals surface area contributed by atoms with Gasteiger partial charge in [0.25, 0.3) is 0 Å². The molecule has 37 heavy (non-hydrogen) atoms. The van der Waals surface area contributed by atoms with E-state index in [2.05, 4.69) is 0 Å². The van der Waals surface area contributed by atoms with Gasteiger partial charge in [-0.1, -0.05) is 37.8 Å². The number of hydrogen-bond acceptors (Lipinski definition) is 3. The van der Waals surface area contributed by atoms with E-state index in [1.807, 2.05) is 0 Å². The second-order valence-corrected chi connectivity index (χ2v) is 9.40. The van der Waals surface area contributed by atoms with Crippen LogP contribution in [0.4, 0.5) is 26.3 Å². The molecule has 1 N–H and O–H groups in total. The molecule has 2 aromatic rings. The van der Waals surface area contributed by atoms with Gasteiger partial charge in [-0.15, -0.1) is 0 Å². The Labute approximate surface area is 212 Å². The zero-order valence-corrected chi connectivity index (χ0v) is 20.4. The molecule has 1 aliphatic carbocycles. The lowest BCUT2D eigenvalue weighted by Gasteiger charge is -2.36. The van der Waals surface area contributed by atoms with E-state index in [1.54, 1.807) is 29.2 Å². The highest BCUT2D eigenvalue weighted by atomic mass is 19.4. The number of ether oxygens (including phenoxy) is 1. The molecule has 2 aliphatic rings. The fraction of sp³-hybridized carbons (Fsp3) is 0.519. The largest absolute Gasteiger partial charge is 0.492 e. The molecule has 0 bridgehead atoms. The molecule has 1 saturated heterocycles. The first kappa shape index (κ1) is 28.8. The van der Waals surface area contributed by atoms with Crippen LogP contribution in [0.25, 0.3) is 0 Å². The monoisotopic (exact) mass is 531 g/mol. The minimum Gasteiger partial charge on any atom is -0.492 e. The summed E-state index contributed by atoms with van der Waals surface area (Å²) < 4.78 is 85.7. The van der Waals surface area contributed by atoms with Crippen molar-refractivity contribution in [3.8, 4) is 5.75 Å². The summed E-state index contributed by atoms with van der Waals surface area (Å²) in [5.74, 6) is -0.416. The Kier molecular flexibility index (Phi) is 9.87. The number of aliphatic carboxylic acids is 1. The molecule has 0 aromatic heterocycles. The molecule has 1 saturated carbocycles. The number of carbonyl (C=O) groups is 1. The van der Waals surface area contributed by atoms with Gasteiger partial charge < -0.3 is 9.84 Å². The quantitative estimate of drug-likeness (QED) is 0.362. The van der Waals surface area contributed by atoms with Gasteiger partial charge in [0.2, 0.25) is 0 Å². The van der Waals surface area contributed by atoms with Gasteiger partial charge in [0.05, 0.1) is 11.1 Å². The Bertz CT molecular complexity index is 1030. The van der Waals surface area contributed by atoms with E-state index in [1.165, 1.54) is 19.3 Å². The third-order valence-corrected chi connectivity index (χ3v) is 6.18. The summed E-state index contributed by atoms with van der Waals surface area (Å²) in [6.45, 7) is 0.328. The van der Waals surface area contributed by atoms with Crippen molar-refractivity contribution in [2.75, 3.05) is 13.2 Å². The summed E-state index contributed by atoms with van der Waals surface area (Å²) in [6, 6.07) is 8.18. The van der Waals surface area contributed by atoms with Crippen LogP contribution in [-0.2, 0) is 30.1 Å². The lowest BCUT2D eigenvalue weighted by molar-refractivity contribution is -0.142. The van der Waals surface area contributed by atoms with Crippen LogP contribution in [0.2, 0.25) is 0 Å². The average molecular weight is 532 g/mol. The fourth-order valence-corrected chi connectivity index (χ4v) is 4.09. The van der Waals surface area contributed by atoms with Crippen molar-refractivity contribution in [2.24, 2.45) is 0 Å². The summed E-state index contributed by atoms with van der Waals surface area (Å²) in [6.07, 6.45) is -2.51. The molecule has 0 spiro atoms. The third-order valence-electron chi connectivity index (χ3n) is 6.18. The van der Waals surface area contributed by atoms with Crippen LogP contribution >= 0.6 is 0 Å². The topological polar surface area (TPSA) is 49.8 Å². The fourth-order valence-electron chi connectivity index (χ4n) is 4.09. The number of aryl methyl sites for hydroxylation is 1. The number of hydrogen-bond donors (Lipinski definition) is 1. The van der Waals surface area contributed by atoms with Crippen molar-refractivity contribution in [3.05, 3.63) is 64.7 Å². The van der Waals surface area contributed by atoms with Crippen LogP contribution < -0.4 is 4.74 Å². The third kappa shape index (κ3) is 9.57. The van der Waals surface area contributed by atoms with Crippen molar-refractivity contribution in [3.63, 3.8) is 0 Å². The average Bonchev–Trinajstić information content (AvgIpc) is 3.71. The molecule has 204 valence electrons. The molecule has 10 heteroatoms. The summed E-state index contributed by atoms with van der Waals surface area (Å²) in [5, 5.41) is 8.83. The molecule has 2 aromatic carbocycles. The molecular weight excluding hydrogens is 500 g/mol. The Morgan fingerprint density at radius 1 is 0.946 bits per heavy atom. The molecule has 1 unspecified atom stereocenters. The maximum absolute atomic E-state index is 13.5. The summed E-state index contributed by atoms with van der Waals surface area (Å²) in [5.41, 5.74) is -1.82. The molecule has 0 radical (unpaired) electrons. The Hall–Kier alpha value is -2.75. The number of carboxylic acids is 1. The zero-order chi connectivity index (χ0) is 27.1. The lowest BCUT2D eigenvalue weighted by atomic mass is 9.98. The number of likely N-dealkylation sites (tertiary alicyclic amines) is 1. The normalized spacial score (nSPS) is 18.1. The van der Waals surface area contributed by atoms with Gasteiger partial charge in [0, 0.05) is 19.0 Å². The maximum atomic E-state index is 13.5. The van der Waals surface area contributed by atoms with Crippen molar-refractivity contribution < 1.29 is 41.0 Å². The van der Waals surface area contributed by atoms with Gasteiger partial charge in [0.15, 0.2) is 0 Å². The van der Waals surface area contributed by atoms with Crippen molar-refractivity contribution in [1.82, 2.24) is 4.90 Å². The van der Waals surface area contributed by atoms with Crippen LogP contribution in [0, 0.1) is 0 Å². The van der Waals surface area contributed by atoms with Gasteiger partial charge in [-0.2, -0.15) is 26.3 Å². The van der Waals surface area contributed by atoms with Gasteiger partial charge >= 0.3 is 18.3 Å². The molecule has 1 aliphatic heterocycles. The number of rotatable bonds is 8. The maximum Gasteiger partial charge on any atom is 0.416 e. The standard InChI is InChI=1S/C24H25F6NO3.C3H6/c25-23(26,27)18-8-9-21(24(28,29)30)17(13-18)14-31-11-2-1-5-19(31)15-34-20-6-3-4-16(12-20)7-10-22(32)33;1-2-3-1/h3-4,6,8-9,12-13,19H,1-2,5,7,10-11,14-15H2,(H,32,33);1-3H2. The Balaban J connectivity index is 0.00000118. The number of halogens is 6. The summed E-state index contributed by atoms with van der Waals surface area (Å²) >= 11 is 0. The minimum absolute atomic E-state index is 0.0294. The first-order chi connectivity index (χ1) is 17.4. The highest BCUT2D eigenvalue weighted by molar-refractivity contribution is 5.67. The minimum atomic E-state index is -4.77. The molecular formula is C27H31F6NO3. The molecule has 2 fully saturated rings. The first-order valence-corrected chi connectivity index (χ1v) is 12.4. The van der Waals surface area contributed by atoms with E-state index < -0.39 is 35.0 Å². The lowest BCUT2D eigenvalue weighted by Crippen LogP contribution is -2.43. The highest BCUT2D eigenvalue weighted by Crippen LogP contribution is 2.37. The van der Waals surface area contributed by atoms with E-state index in [-0.39, 0.29) is 25.6 Å². The van der Waals surface area contributed by atoms with Crippen molar-refractivity contribution in [2.45, 2.75) is 76.3 Å². The van der Waals surface area contributed by atoms with Crippen LogP contribution in [0.1, 0.15) is 67.2 Å². The van der Waals surface area contributed by atoms with E-state index in [0.29, 0.717) is 43.3 Å². The number of nitrogens with zero attached hydrogens (tertiary/aromatic N) is 1. The second-order valence-electron chi connectivity index (χ2n) is 9.40. The molecule has 0 amide bonds. The van der Waals surface area contributed by atoms with Crippen molar-refractivity contribution in [1.29, 1.82) is 0 Å².